The van der Waals surface area contributed by atoms with Gasteiger partial charge in [-0.3, -0.25) is 9.98 Å². The smallest absolute Gasteiger partial charge is 0.162 e. The van der Waals surface area contributed by atoms with Gasteiger partial charge < -0.3 is 38.9 Å². The first-order chi connectivity index (χ1) is 42.9. The third-order valence-corrected chi connectivity index (χ3v) is 17.6. The molecule has 4 aromatic heterocycles. The van der Waals surface area contributed by atoms with Crippen LogP contribution in [0, 0.1) is 47.4 Å². The number of ether oxygens (including phenoxy) is 4. The van der Waals surface area contributed by atoms with Crippen LogP contribution in [-0.2, 0) is 21.7 Å². The van der Waals surface area contributed by atoms with E-state index in [1.807, 2.05) is 36.7 Å². The lowest BCUT2D eigenvalue weighted by Crippen LogP contribution is -2.11. The van der Waals surface area contributed by atoms with Crippen LogP contribution in [-0.4, -0.2) is 73.9 Å². The van der Waals surface area contributed by atoms with Crippen LogP contribution in [0.15, 0.2) is 107 Å². The quantitative estimate of drug-likeness (QED) is 0.131. The Hall–Kier alpha value is -10.3. The van der Waals surface area contributed by atoms with Crippen LogP contribution in [0.2, 0.25) is 0 Å². The molecule has 12 aromatic rings. The summed E-state index contributed by atoms with van der Waals surface area (Å²) in [5.74, 6) is 30.5. The number of fused-ring (bicyclic) bond motifs is 6. The normalized spacial score (nSPS) is 13.2. The Kier molecular flexibility index (Phi) is 14.2. The Labute approximate surface area is 526 Å². The summed E-state index contributed by atoms with van der Waals surface area (Å²) in [6.45, 7) is 27.8. The molecule has 8 bridgehead atoms. The monoisotopic (exact) mass is 1180 g/mol. The lowest BCUT2D eigenvalue weighted by Gasteiger charge is -2.20. The molecule has 1 aliphatic rings. The fraction of sp³-hybridized carbons (Fsp3) is 0.275. The van der Waals surface area contributed by atoms with Crippen LogP contribution in [0.5, 0.6) is 23.0 Å². The minimum absolute atomic E-state index is 0.158. The van der Waals surface area contributed by atoms with Gasteiger partial charge in [-0.15, -0.1) is 0 Å². The Morgan fingerprint density at radius 1 is 0.300 bits per heavy atom. The molecule has 0 amide bonds. The Bertz CT molecular complexity index is 5030. The van der Waals surface area contributed by atoms with Gasteiger partial charge in [-0.25, -0.2) is 0 Å². The Morgan fingerprint density at radius 2 is 0.556 bits per heavy atom. The van der Waals surface area contributed by atoms with Crippen molar-refractivity contribution >= 4 is 99.7 Å². The van der Waals surface area contributed by atoms with Crippen LogP contribution in [0.25, 0.3) is 87.2 Å². The van der Waals surface area contributed by atoms with Crippen molar-refractivity contribution in [3.05, 3.63) is 164 Å². The molecular formula is C80H74N6O4. The molecule has 0 spiro atoms. The van der Waals surface area contributed by atoms with Crippen LogP contribution in [0.4, 0.5) is 0 Å². The van der Waals surface area contributed by atoms with E-state index in [4.69, 9.17) is 28.9 Å². The lowest BCUT2D eigenvalue weighted by molar-refractivity contribution is 0.355. The number of H-pyrrole nitrogens is 4. The molecule has 8 aromatic carbocycles. The summed E-state index contributed by atoms with van der Waals surface area (Å²) in [7, 11) is 6.54. The van der Waals surface area contributed by atoms with E-state index in [1.165, 1.54) is 22.3 Å². The third-order valence-electron chi connectivity index (χ3n) is 17.6. The van der Waals surface area contributed by atoms with E-state index >= 15 is 0 Å². The summed E-state index contributed by atoms with van der Waals surface area (Å²) in [5.41, 5.74) is 18.4. The van der Waals surface area contributed by atoms with Gasteiger partial charge in [0.05, 0.1) is 85.7 Å². The topological polar surface area (TPSA) is 125 Å². The van der Waals surface area contributed by atoms with E-state index in [2.05, 4.69) is 223 Å². The number of benzene rings is 8. The fourth-order valence-corrected chi connectivity index (χ4v) is 12.3. The molecule has 13 rings (SSSR count). The Morgan fingerprint density at radius 3 is 0.822 bits per heavy atom. The van der Waals surface area contributed by atoms with Crippen molar-refractivity contribution in [1.82, 2.24) is 19.9 Å². The molecule has 10 nitrogen and oxygen atoms in total. The van der Waals surface area contributed by atoms with Crippen LogP contribution >= 0.6 is 0 Å². The zero-order valence-corrected chi connectivity index (χ0v) is 54.3. The molecule has 0 unspecified atom stereocenters. The van der Waals surface area contributed by atoms with Gasteiger partial charge in [-0.1, -0.05) is 143 Å². The highest BCUT2D eigenvalue weighted by Gasteiger charge is 2.25. The van der Waals surface area contributed by atoms with Crippen LogP contribution in [0.1, 0.15) is 150 Å². The zero-order chi connectivity index (χ0) is 63.3. The number of aromatic amines is 4. The van der Waals surface area contributed by atoms with Gasteiger partial charge in [0.1, 0.15) is 0 Å². The van der Waals surface area contributed by atoms with Crippen molar-refractivity contribution < 1.29 is 18.9 Å². The van der Waals surface area contributed by atoms with Crippen LogP contribution in [0.3, 0.4) is 0 Å². The molecule has 0 aliphatic carbocycles. The predicted molar refractivity (Wildman–Crippen MR) is 375 cm³/mol. The minimum atomic E-state index is -0.174. The number of hydrogen-bond acceptors (Lipinski definition) is 6. The van der Waals surface area contributed by atoms with E-state index in [9.17, 15) is 0 Å². The van der Waals surface area contributed by atoms with Crippen molar-refractivity contribution in [1.29, 1.82) is 0 Å². The largest absolute Gasteiger partial charge is 0.493 e. The van der Waals surface area contributed by atoms with Crippen molar-refractivity contribution in [2.24, 2.45) is 9.98 Å². The Balaban J connectivity index is 1.06. The van der Waals surface area contributed by atoms with Crippen molar-refractivity contribution in [3.63, 3.8) is 0 Å². The molecule has 10 heteroatoms. The molecule has 4 N–H and O–H groups in total. The van der Waals surface area contributed by atoms with Gasteiger partial charge in [0.25, 0.3) is 0 Å². The maximum Gasteiger partial charge on any atom is 0.162 e. The summed E-state index contributed by atoms with van der Waals surface area (Å²) in [5, 5.41) is 8.81. The number of aromatic nitrogens is 4. The number of hydrogen-bond donors (Lipinski definition) is 4. The second-order valence-electron chi connectivity index (χ2n) is 27.8. The summed E-state index contributed by atoms with van der Waals surface area (Å²) in [6, 6.07) is 34.8. The SMILES string of the molecule is COc1cc2c(cc1OC)C=NCCN=Cc1cc(OC)c(OC)cc1C#Cc1cc(C(C)(C)C)cc3c1[nH]c1c3ccc3c4cc(C(C)(C)C)cc(c4[nH]c31)C#CC#Cc1cc(C(C)(C)C)cc3c1[nH]c1c3ccc3c4cc(C(C)(C)C)cc(c4[nH]c31)C#C2. The van der Waals surface area contributed by atoms with Gasteiger partial charge in [0, 0.05) is 112 Å². The number of nitrogens with zero attached hydrogens (tertiary/aromatic N) is 2. The highest BCUT2D eigenvalue weighted by Crippen LogP contribution is 2.43. The van der Waals surface area contributed by atoms with Gasteiger partial charge in [0.2, 0.25) is 0 Å². The number of methoxy groups -OCH3 is 4. The van der Waals surface area contributed by atoms with E-state index in [1.54, 1.807) is 28.4 Å². The van der Waals surface area contributed by atoms with Gasteiger partial charge >= 0.3 is 0 Å². The molecule has 1 aliphatic heterocycles. The second-order valence-corrected chi connectivity index (χ2v) is 27.8. The highest BCUT2D eigenvalue weighted by atomic mass is 16.5. The lowest BCUT2D eigenvalue weighted by atomic mass is 9.84. The molecular weight excluding hydrogens is 1110 g/mol. The van der Waals surface area contributed by atoms with Gasteiger partial charge in [0.15, 0.2) is 23.0 Å². The molecule has 0 atom stereocenters. The standard InChI is InChI=1S/C80H74N6O4/c1-77(2,3)53-31-47-19-17-18-20-48-32-54(78(4,5)6)40-62-58-26-28-60-64-42-56(80(10,11)12)34-50(72(64)86-76(60)74(58)84-70(48)62)24-22-46-36-66(88-14)68(90-16)38-52(46)44-82-30-29-81-43-51-37-67(89-15)65(87-13)35-45(51)21-23-49-33-55(79(7,8)9)41-63-59-27-25-57-61(39-53)69(47)83-73(57)75(59)85-71(49)63/h25-28,31-44,83-86H,29-30H2,1-16H3. The molecule has 5 heterocycles. The first kappa shape index (κ1) is 58.7. The first-order valence-electron chi connectivity index (χ1n) is 30.7. The predicted octanol–water partition coefficient (Wildman–Crippen LogP) is 17.5. The summed E-state index contributed by atoms with van der Waals surface area (Å²) < 4.78 is 23.3. The maximum absolute atomic E-state index is 5.85. The summed E-state index contributed by atoms with van der Waals surface area (Å²) in [6.07, 6.45) is 3.68. The van der Waals surface area contributed by atoms with Crippen molar-refractivity contribution in [3.8, 4) is 70.4 Å². The summed E-state index contributed by atoms with van der Waals surface area (Å²) in [4.78, 5) is 25.4. The van der Waals surface area contributed by atoms with E-state index in [0.29, 0.717) is 36.1 Å². The van der Waals surface area contributed by atoms with E-state index in [-0.39, 0.29) is 21.7 Å². The molecule has 0 saturated heterocycles. The third kappa shape index (κ3) is 10.4. The highest BCUT2D eigenvalue weighted by molar-refractivity contribution is 6.24. The summed E-state index contributed by atoms with van der Waals surface area (Å²) >= 11 is 0. The van der Waals surface area contributed by atoms with Gasteiger partial charge in [-0.05, 0) is 116 Å². The number of rotatable bonds is 4. The minimum Gasteiger partial charge on any atom is -0.493 e. The molecule has 0 radical (unpaired) electrons. The van der Waals surface area contributed by atoms with E-state index in [0.717, 1.165) is 132 Å². The molecule has 0 saturated carbocycles. The van der Waals surface area contributed by atoms with Crippen molar-refractivity contribution in [2.75, 3.05) is 41.5 Å². The zero-order valence-electron chi connectivity index (χ0n) is 54.3. The maximum atomic E-state index is 5.85. The number of nitrogens with one attached hydrogen (secondary N) is 4. The second kappa shape index (κ2) is 21.8. The average molecular weight is 1180 g/mol. The van der Waals surface area contributed by atoms with E-state index < -0.39 is 0 Å². The first-order valence-corrected chi connectivity index (χ1v) is 30.7. The average Bonchev–Trinajstić information content (AvgIpc) is 1.58. The number of aliphatic imine (C=N–C) groups is 2. The fourth-order valence-electron chi connectivity index (χ4n) is 12.3. The molecule has 448 valence electrons. The molecule has 90 heavy (non-hydrogen) atoms. The van der Waals surface area contributed by atoms with Crippen molar-refractivity contribution in [2.45, 2.75) is 105 Å². The molecule has 0 fully saturated rings. The van der Waals surface area contributed by atoms with Crippen LogP contribution < -0.4 is 18.9 Å². The van der Waals surface area contributed by atoms with Gasteiger partial charge in [-0.2, -0.15) is 0 Å².